The van der Waals surface area contributed by atoms with Crippen LogP contribution in [-0.2, 0) is 0 Å². The number of aromatic nitrogens is 1. The molecule has 0 atom stereocenters. The minimum Gasteiger partial charge on any atom is -0.449 e. The standard InChI is InChI=1S/C20H18N2O3/c1-20(2)24-17-10-7-15(13-18(17)25-20)21-19(23)14-5-8-16(9-6-14)22-11-3-4-12-22/h3-13H,1-2H3,(H,21,23). The van der Waals surface area contributed by atoms with Crippen molar-refractivity contribution in [1.29, 1.82) is 0 Å². The molecule has 25 heavy (non-hydrogen) atoms. The second-order valence-corrected chi connectivity index (χ2v) is 6.36. The molecule has 0 saturated carbocycles. The van der Waals surface area contributed by atoms with Crippen molar-refractivity contribution in [3.05, 3.63) is 72.6 Å². The summed E-state index contributed by atoms with van der Waals surface area (Å²) in [5.41, 5.74) is 2.26. The van der Waals surface area contributed by atoms with Gasteiger partial charge in [0.1, 0.15) is 0 Å². The van der Waals surface area contributed by atoms with Crippen molar-refractivity contribution in [3.8, 4) is 17.2 Å². The molecule has 3 aromatic rings. The number of nitrogens with zero attached hydrogens (tertiary/aromatic N) is 1. The molecule has 1 aliphatic heterocycles. The molecule has 5 nitrogen and oxygen atoms in total. The molecular weight excluding hydrogens is 316 g/mol. The molecule has 1 N–H and O–H groups in total. The van der Waals surface area contributed by atoms with Crippen molar-refractivity contribution in [2.45, 2.75) is 19.6 Å². The topological polar surface area (TPSA) is 52.5 Å². The number of ether oxygens (including phenoxy) is 2. The van der Waals surface area contributed by atoms with Gasteiger partial charge in [-0.05, 0) is 48.5 Å². The fourth-order valence-electron chi connectivity index (χ4n) is 2.80. The summed E-state index contributed by atoms with van der Waals surface area (Å²) >= 11 is 0. The Hall–Kier alpha value is -3.21. The average molecular weight is 334 g/mol. The lowest BCUT2D eigenvalue weighted by molar-refractivity contribution is -0.0431. The molecule has 5 heteroatoms. The van der Waals surface area contributed by atoms with Gasteiger partial charge in [-0.1, -0.05) is 0 Å². The van der Waals surface area contributed by atoms with Gasteiger partial charge in [0.25, 0.3) is 5.91 Å². The summed E-state index contributed by atoms with van der Waals surface area (Å²) in [6.07, 6.45) is 3.92. The van der Waals surface area contributed by atoms with Crippen LogP contribution in [0.3, 0.4) is 0 Å². The number of nitrogens with one attached hydrogen (secondary N) is 1. The first-order valence-corrected chi connectivity index (χ1v) is 8.07. The summed E-state index contributed by atoms with van der Waals surface area (Å²) in [4.78, 5) is 12.4. The second-order valence-electron chi connectivity index (χ2n) is 6.36. The molecule has 2 heterocycles. The maximum absolute atomic E-state index is 12.4. The van der Waals surface area contributed by atoms with Gasteiger partial charge in [-0.2, -0.15) is 0 Å². The molecule has 0 bridgehead atoms. The minimum atomic E-state index is -0.681. The van der Waals surface area contributed by atoms with E-state index in [9.17, 15) is 4.79 Å². The Morgan fingerprint density at radius 1 is 0.960 bits per heavy atom. The first-order valence-electron chi connectivity index (χ1n) is 8.07. The summed E-state index contributed by atoms with van der Waals surface area (Å²) in [5.74, 6) is 0.459. The Balaban J connectivity index is 1.49. The number of carbonyl (C=O) groups is 1. The van der Waals surface area contributed by atoms with Gasteiger partial charge in [-0.25, -0.2) is 0 Å². The van der Waals surface area contributed by atoms with E-state index in [4.69, 9.17) is 9.47 Å². The zero-order chi connectivity index (χ0) is 17.4. The highest BCUT2D eigenvalue weighted by Crippen LogP contribution is 2.40. The number of hydrogen-bond acceptors (Lipinski definition) is 3. The van der Waals surface area contributed by atoms with E-state index in [1.165, 1.54) is 0 Å². The summed E-state index contributed by atoms with van der Waals surface area (Å²) in [6.45, 7) is 3.69. The van der Waals surface area contributed by atoms with Crippen molar-refractivity contribution >= 4 is 11.6 Å². The highest BCUT2D eigenvalue weighted by atomic mass is 16.7. The predicted molar refractivity (Wildman–Crippen MR) is 95.5 cm³/mol. The lowest BCUT2D eigenvalue weighted by Gasteiger charge is -2.16. The Bertz CT molecular complexity index is 913. The zero-order valence-corrected chi connectivity index (χ0v) is 14.0. The van der Waals surface area contributed by atoms with Crippen LogP contribution in [0.25, 0.3) is 5.69 Å². The average Bonchev–Trinajstić information content (AvgIpc) is 3.21. The number of amides is 1. The minimum absolute atomic E-state index is 0.169. The molecule has 1 aromatic heterocycles. The number of benzene rings is 2. The molecule has 126 valence electrons. The monoisotopic (exact) mass is 334 g/mol. The fraction of sp³-hybridized carbons (Fsp3) is 0.150. The molecule has 0 aliphatic carbocycles. The number of carbonyl (C=O) groups excluding carboxylic acids is 1. The first kappa shape index (κ1) is 15.3. The molecule has 2 aromatic carbocycles. The molecule has 0 spiro atoms. The fourth-order valence-corrected chi connectivity index (χ4v) is 2.80. The van der Waals surface area contributed by atoms with Gasteiger partial charge in [-0.15, -0.1) is 0 Å². The summed E-state index contributed by atoms with van der Waals surface area (Å²) in [7, 11) is 0. The number of rotatable bonds is 3. The Labute approximate surface area is 145 Å². The third kappa shape index (κ3) is 3.08. The van der Waals surface area contributed by atoms with Gasteiger partial charge < -0.3 is 19.4 Å². The highest BCUT2D eigenvalue weighted by molar-refractivity contribution is 6.04. The Morgan fingerprint density at radius 2 is 1.64 bits per heavy atom. The molecule has 0 saturated heterocycles. The van der Waals surface area contributed by atoms with E-state index in [1.807, 2.05) is 55.1 Å². The lowest BCUT2D eigenvalue weighted by atomic mass is 10.2. The van der Waals surface area contributed by atoms with Crippen molar-refractivity contribution in [3.63, 3.8) is 0 Å². The molecule has 0 unspecified atom stereocenters. The van der Waals surface area contributed by atoms with Gasteiger partial charge >= 0.3 is 0 Å². The van der Waals surface area contributed by atoms with E-state index < -0.39 is 5.79 Å². The number of anilines is 1. The Morgan fingerprint density at radius 3 is 2.36 bits per heavy atom. The van der Waals surface area contributed by atoms with Crippen LogP contribution in [0.2, 0.25) is 0 Å². The zero-order valence-electron chi connectivity index (χ0n) is 14.0. The van der Waals surface area contributed by atoms with Crippen molar-refractivity contribution < 1.29 is 14.3 Å². The smallest absolute Gasteiger partial charge is 0.255 e. The molecular formula is C20H18N2O3. The van der Waals surface area contributed by atoms with Crippen LogP contribution < -0.4 is 14.8 Å². The van der Waals surface area contributed by atoms with Crippen LogP contribution in [0, 0.1) is 0 Å². The van der Waals surface area contributed by atoms with Gasteiger partial charge in [0.2, 0.25) is 5.79 Å². The molecule has 0 radical (unpaired) electrons. The predicted octanol–water partition coefficient (Wildman–Crippen LogP) is 4.24. The SMILES string of the molecule is CC1(C)Oc2ccc(NC(=O)c3ccc(-n4cccc4)cc3)cc2O1. The second kappa shape index (κ2) is 5.70. The lowest BCUT2D eigenvalue weighted by Crippen LogP contribution is -2.29. The van der Waals surface area contributed by atoms with E-state index in [1.54, 1.807) is 30.3 Å². The summed E-state index contributed by atoms with van der Waals surface area (Å²) in [6, 6.07) is 16.7. The van der Waals surface area contributed by atoms with Crippen molar-refractivity contribution in [2.24, 2.45) is 0 Å². The third-order valence-electron chi connectivity index (χ3n) is 3.95. The maximum Gasteiger partial charge on any atom is 0.255 e. The largest absolute Gasteiger partial charge is 0.449 e. The van der Waals surface area contributed by atoms with Gasteiger partial charge in [0.05, 0.1) is 0 Å². The van der Waals surface area contributed by atoms with Crippen LogP contribution >= 0.6 is 0 Å². The molecule has 1 amide bonds. The number of fused-ring (bicyclic) bond motifs is 1. The molecule has 0 fully saturated rings. The van der Waals surface area contributed by atoms with Crippen LogP contribution in [-0.4, -0.2) is 16.3 Å². The van der Waals surface area contributed by atoms with E-state index in [2.05, 4.69) is 5.32 Å². The van der Waals surface area contributed by atoms with Crippen LogP contribution in [0.4, 0.5) is 5.69 Å². The van der Waals surface area contributed by atoms with Crippen LogP contribution in [0.5, 0.6) is 11.5 Å². The van der Waals surface area contributed by atoms with Gasteiger partial charge in [0, 0.05) is 49.2 Å². The number of hydrogen-bond donors (Lipinski definition) is 1. The van der Waals surface area contributed by atoms with Gasteiger partial charge in [0.15, 0.2) is 11.5 Å². The van der Waals surface area contributed by atoms with Gasteiger partial charge in [-0.3, -0.25) is 4.79 Å². The highest BCUT2D eigenvalue weighted by Gasteiger charge is 2.31. The van der Waals surface area contributed by atoms with E-state index in [-0.39, 0.29) is 5.91 Å². The molecule has 1 aliphatic rings. The maximum atomic E-state index is 12.4. The van der Waals surface area contributed by atoms with E-state index >= 15 is 0 Å². The summed E-state index contributed by atoms with van der Waals surface area (Å²) < 4.78 is 13.3. The third-order valence-corrected chi connectivity index (χ3v) is 3.95. The first-order chi connectivity index (χ1) is 12.0. The van der Waals surface area contributed by atoms with E-state index in [0.29, 0.717) is 22.7 Å². The molecule has 4 rings (SSSR count). The van der Waals surface area contributed by atoms with Crippen LogP contribution in [0.1, 0.15) is 24.2 Å². The van der Waals surface area contributed by atoms with E-state index in [0.717, 1.165) is 5.69 Å². The quantitative estimate of drug-likeness (QED) is 0.779. The summed E-state index contributed by atoms with van der Waals surface area (Å²) in [5, 5.41) is 2.89. The van der Waals surface area contributed by atoms with Crippen molar-refractivity contribution in [1.82, 2.24) is 4.57 Å². The van der Waals surface area contributed by atoms with Crippen molar-refractivity contribution in [2.75, 3.05) is 5.32 Å². The Kier molecular flexibility index (Phi) is 3.50. The normalized spacial score (nSPS) is 14.3. The van der Waals surface area contributed by atoms with Crippen LogP contribution in [0.15, 0.2) is 67.0 Å².